The number of nitrogens with one attached hydrogen (secondary N) is 1. The summed E-state index contributed by atoms with van der Waals surface area (Å²) in [6, 6.07) is 7.84. The molecule has 0 unspecified atom stereocenters. The van der Waals surface area contributed by atoms with Gasteiger partial charge < -0.3 is 14.6 Å². The van der Waals surface area contributed by atoms with Crippen LogP contribution in [0.2, 0.25) is 0 Å². The molecule has 3 aliphatic rings. The van der Waals surface area contributed by atoms with Crippen LogP contribution in [0.3, 0.4) is 0 Å². The summed E-state index contributed by atoms with van der Waals surface area (Å²) in [7, 11) is 0. The van der Waals surface area contributed by atoms with Crippen LogP contribution < -0.4 is 5.32 Å². The van der Waals surface area contributed by atoms with Gasteiger partial charge >= 0.3 is 0 Å². The number of carbonyl (C=O) groups excluding carboxylic acids is 1. The van der Waals surface area contributed by atoms with Gasteiger partial charge in [-0.05, 0) is 56.1 Å². The molecule has 3 saturated heterocycles. The van der Waals surface area contributed by atoms with Crippen LogP contribution >= 0.6 is 15.9 Å². The van der Waals surface area contributed by atoms with Crippen LogP contribution in [0.25, 0.3) is 11.0 Å². The maximum Gasteiger partial charge on any atom is 0.287 e. The van der Waals surface area contributed by atoms with Crippen LogP contribution in [0.4, 0.5) is 0 Å². The Morgan fingerprint density at radius 3 is 2.81 bits per heavy atom. The standard InChI is InChI=1S/C16H17BrN2O2/c17-12-1-2-14-11(7-12)8-15(21-14)16(20)18-13-9-19-5-3-10(13)4-6-19/h1-2,7-8,10,13H,3-6,9H2,(H,18,20)/t13-/m1/s1. The SMILES string of the molecule is O=C(N[C@@H]1CN2CCC1CC2)c1cc2cc(Br)ccc2o1. The van der Waals surface area contributed by atoms with Gasteiger partial charge in [-0.3, -0.25) is 4.79 Å². The summed E-state index contributed by atoms with van der Waals surface area (Å²) in [5, 5.41) is 4.10. The van der Waals surface area contributed by atoms with E-state index in [1.54, 1.807) is 0 Å². The lowest BCUT2D eigenvalue weighted by Crippen LogP contribution is -2.57. The van der Waals surface area contributed by atoms with Crippen molar-refractivity contribution >= 4 is 32.8 Å². The normalized spacial score (nSPS) is 28.0. The molecule has 110 valence electrons. The molecule has 0 radical (unpaired) electrons. The first kappa shape index (κ1) is 13.3. The number of carbonyl (C=O) groups is 1. The molecule has 0 aliphatic carbocycles. The van der Waals surface area contributed by atoms with Gasteiger partial charge in [0.15, 0.2) is 5.76 Å². The maximum atomic E-state index is 12.4. The van der Waals surface area contributed by atoms with E-state index < -0.39 is 0 Å². The molecule has 1 aromatic heterocycles. The second kappa shape index (κ2) is 5.14. The molecule has 4 nitrogen and oxygen atoms in total. The van der Waals surface area contributed by atoms with E-state index in [9.17, 15) is 4.79 Å². The van der Waals surface area contributed by atoms with Gasteiger partial charge in [-0.15, -0.1) is 0 Å². The highest BCUT2D eigenvalue weighted by Gasteiger charge is 2.35. The van der Waals surface area contributed by atoms with Crippen LogP contribution in [0.1, 0.15) is 23.4 Å². The molecular weight excluding hydrogens is 332 g/mol. The number of benzene rings is 1. The summed E-state index contributed by atoms with van der Waals surface area (Å²) in [6.45, 7) is 3.33. The summed E-state index contributed by atoms with van der Waals surface area (Å²) >= 11 is 3.43. The number of nitrogens with zero attached hydrogens (tertiary/aromatic N) is 1. The topological polar surface area (TPSA) is 45.5 Å². The molecule has 1 aromatic carbocycles. The average Bonchev–Trinajstić information content (AvgIpc) is 2.91. The highest BCUT2D eigenvalue weighted by atomic mass is 79.9. The third-order valence-electron chi connectivity index (χ3n) is 4.67. The van der Waals surface area contributed by atoms with E-state index in [0.717, 1.165) is 22.0 Å². The van der Waals surface area contributed by atoms with Crippen molar-refractivity contribution in [3.05, 3.63) is 34.5 Å². The number of hydrogen-bond acceptors (Lipinski definition) is 3. The van der Waals surface area contributed by atoms with Gasteiger partial charge in [-0.1, -0.05) is 15.9 Å². The van der Waals surface area contributed by atoms with E-state index in [2.05, 4.69) is 26.1 Å². The lowest BCUT2D eigenvalue weighted by Gasteiger charge is -2.44. The minimum Gasteiger partial charge on any atom is -0.451 e. The molecule has 2 aromatic rings. The first-order chi connectivity index (χ1) is 10.2. The molecule has 3 fully saturated rings. The second-order valence-corrected chi connectivity index (χ2v) is 6.93. The van der Waals surface area contributed by atoms with Crippen molar-refractivity contribution in [2.75, 3.05) is 19.6 Å². The average molecular weight is 349 g/mol. The predicted molar refractivity (Wildman–Crippen MR) is 84.3 cm³/mol. The Hall–Kier alpha value is -1.33. The summed E-state index contributed by atoms with van der Waals surface area (Å²) in [4.78, 5) is 14.8. The van der Waals surface area contributed by atoms with Gasteiger partial charge in [0.1, 0.15) is 5.58 Å². The van der Waals surface area contributed by atoms with Crippen LogP contribution in [0.15, 0.2) is 33.2 Å². The number of halogens is 1. The zero-order chi connectivity index (χ0) is 14.4. The van der Waals surface area contributed by atoms with Crippen LogP contribution in [0, 0.1) is 5.92 Å². The number of furan rings is 1. The fourth-order valence-corrected chi connectivity index (χ4v) is 3.87. The summed E-state index contributed by atoms with van der Waals surface area (Å²) in [5.74, 6) is 0.929. The Kier molecular flexibility index (Phi) is 3.27. The van der Waals surface area contributed by atoms with Crippen LogP contribution in [-0.4, -0.2) is 36.5 Å². The molecule has 2 bridgehead atoms. The van der Waals surface area contributed by atoms with Gasteiger partial charge in [0.2, 0.25) is 0 Å². The largest absolute Gasteiger partial charge is 0.451 e. The smallest absolute Gasteiger partial charge is 0.287 e. The molecule has 5 rings (SSSR count). The number of amides is 1. The quantitative estimate of drug-likeness (QED) is 0.907. The number of fused-ring (bicyclic) bond motifs is 4. The van der Waals surface area contributed by atoms with Crippen molar-refractivity contribution in [2.24, 2.45) is 5.92 Å². The highest BCUT2D eigenvalue weighted by Crippen LogP contribution is 2.28. The molecular formula is C16H17BrN2O2. The zero-order valence-electron chi connectivity index (χ0n) is 11.6. The minimum absolute atomic E-state index is 0.0962. The van der Waals surface area contributed by atoms with Crippen molar-refractivity contribution < 1.29 is 9.21 Å². The minimum atomic E-state index is -0.0962. The van der Waals surface area contributed by atoms with Gasteiger partial charge in [0.05, 0.1) is 0 Å². The van der Waals surface area contributed by atoms with Crippen LogP contribution in [0.5, 0.6) is 0 Å². The Bertz CT molecular complexity index is 689. The van der Waals surface area contributed by atoms with Crippen molar-refractivity contribution in [3.8, 4) is 0 Å². The molecule has 5 heteroatoms. The summed E-state index contributed by atoms with van der Waals surface area (Å²) in [6.07, 6.45) is 2.38. The van der Waals surface area contributed by atoms with E-state index >= 15 is 0 Å². The summed E-state index contributed by atoms with van der Waals surface area (Å²) < 4.78 is 6.65. The summed E-state index contributed by atoms with van der Waals surface area (Å²) in [5.41, 5.74) is 0.747. The molecule has 0 saturated carbocycles. The maximum absolute atomic E-state index is 12.4. The molecule has 21 heavy (non-hydrogen) atoms. The fourth-order valence-electron chi connectivity index (χ4n) is 3.49. The van der Waals surface area contributed by atoms with E-state index in [-0.39, 0.29) is 11.9 Å². The fraction of sp³-hybridized carbons (Fsp3) is 0.438. The van der Waals surface area contributed by atoms with Crippen molar-refractivity contribution in [3.63, 3.8) is 0 Å². The number of rotatable bonds is 2. The molecule has 1 amide bonds. The third-order valence-corrected chi connectivity index (χ3v) is 5.17. The van der Waals surface area contributed by atoms with Crippen LogP contribution in [-0.2, 0) is 0 Å². The van der Waals surface area contributed by atoms with Gasteiger partial charge in [-0.25, -0.2) is 0 Å². The molecule has 4 heterocycles. The Morgan fingerprint density at radius 2 is 2.10 bits per heavy atom. The van der Waals surface area contributed by atoms with Crippen molar-refractivity contribution in [1.82, 2.24) is 10.2 Å². The molecule has 1 N–H and O–H groups in total. The van der Waals surface area contributed by atoms with E-state index in [4.69, 9.17) is 4.42 Å². The van der Waals surface area contributed by atoms with E-state index in [1.807, 2.05) is 24.3 Å². The van der Waals surface area contributed by atoms with Gasteiger partial charge in [-0.2, -0.15) is 0 Å². The molecule has 3 aliphatic heterocycles. The first-order valence-electron chi connectivity index (χ1n) is 7.41. The zero-order valence-corrected chi connectivity index (χ0v) is 13.2. The van der Waals surface area contributed by atoms with E-state index in [1.165, 1.54) is 25.9 Å². The number of piperidine rings is 3. The predicted octanol–water partition coefficient (Wildman–Crippen LogP) is 3.02. The van der Waals surface area contributed by atoms with Gasteiger partial charge in [0.25, 0.3) is 5.91 Å². The Balaban J connectivity index is 1.53. The Labute approximate surface area is 131 Å². The highest BCUT2D eigenvalue weighted by molar-refractivity contribution is 9.10. The molecule has 1 atom stereocenters. The van der Waals surface area contributed by atoms with E-state index in [0.29, 0.717) is 11.7 Å². The number of hydrogen-bond donors (Lipinski definition) is 1. The van der Waals surface area contributed by atoms with Crippen molar-refractivity contribution in [2.45, 2.75) is 18.9 Å². The lowest BCUT2D eigenvalue weighted by molar-refractivity contribution is 0.0607. The molecule has 0 spiro atoms. The first-order valence-corrected chi connectivity index (χ1v) is 8.21. The second-order valence-electron chi connectivity index (χ2n) is 6.01. The monoisotopic (exact) mass is 348 g/mol. The van der Waals surface area contributed by atoms with Gasteiger partial charge in [0, 0.05) is 22.4 Å². The lowest BCUT2D eigenvalue weighted by atomic mass is 9.84. The van der Waals surface area contributed by atoms with Crippen molar-refractivity contribution in [1.29, 1.82) is 0 Å². The Morgan fingerprint density at radius 1 is 1.29 bits per heavy atom. The third kappa shape index (κ3) is 2.49.